The lowest BCUT2D eigenvalue weighted by molar-refractivity contribution is 0.0676. The van der Waals surface area contributed by atoms with Gasteiger partial charge in [-0.1, -0.05) is 15.9 Å². The number of carbonyl (C=O) groups is 1. The molecule has 1 aromatic heterocycles. The van der Waals surface area contributed by atoms with Crippen molar-refractivity contribution in [2.45, 2.75) is 11.8 Å². The molecule has 4 nitrogen and oxygen atoms in total. The average molecular weight is 282 g/mol. The van der Waals surface area contributed by atoms with Crippen LogP contribution < -0.4 is 5.43 Å². The molecule has 0 saturated heterocycles. The number of carboxylic acids is 1. The summed E-state index contributed by atoms with van der Waals surface area (Å²) >= 11 is 2.99. The SMILES string of the molecule is O=C(O)c1[nH]c(CBr)cc(=O)c1C(F)F. The van der Waals surface area contributed by atoms with Gasteiger partial charge in [-0.15, -0.1) is 0 Å². The van der Waals surface area contributed by atoms with Gasteiger partial charge in [-0.2, -0.15) is 0 Å². The molecule has 0 radical (unpaired) electrons. The molecule has 2 N–H and O–H groups in total. The number of H-pyrrole nitrogens is 1. The lowest BCUT2D eigenvalue weighted by Gasteiger charge is -2.06. The van der Waals surface area contributed by atoms with E-state index < -0.39 is 29.1 Å². The molecule has 7 heteroatoms. The maximum absolute atomic E-state index is 12.4. The van der Waals surface area contributed by atoms with Gasteiger partial charge in [-0.3, -0.25) is 4.79 Å². The zero-order valence-electron chi connectivity index (χ0n) is 7.26. The number of carboxylic acid groups (broad SMARTS) is 1. The summed E-state index contributed by atoms with van der Waals surface area (Å²) < 4.78 is 24.8. The van der Waals surface area contributed by atoms with Gasteiger partial charge in [0.15, 0.2) is 5.43 Å². The number of rotatable bonds is 3. The third kappa shape index (κ3) is 2.41. The molecule has 0 atom stereocenters. The quantitative estimate of drug-likeness (QED) is 0.832. The smallest absolute Gasteiger partial charge is 0.352 e. The summed E-state index contributed by atoms with van der Waals surface area (Å²) in [5.74, 6) is -1.58. The van der Waals surface area contributed by atoms with Crippen molar-refractivity contribution in [1.82, 2.24) is 4.98 Å². The third-order valence-corrected chi connectivity index (χ3v) is 2.31. The van der Waals surface area contributed by atoms with Crippen molar-refractivity contribution in [3.63, 3.8) is 0 Å². The fraction of sp³-hybridized carbons (Fsp3) is 0.250. The first-order valence-electron chi connectivity index (χ1n) is 3.81. The molecule has 15 heavy (non-hydrogen) atoms. The average Bonchev–Trinajstić information content (AvgIpc) is 2.15. The summed E-state index contributed by atoms with van der Waals surface area (Å²) in [7, 11) is 0. The van der Waals surface area contributed by atoms with Crippen LogP contribution in [0.2, 0.25) is 0 Å². The van der Waals surface area contributed by atoms with Gasteiger partial charge >= 0.3 is 5.97 Å². The molecule has 1 heterocycles. The lowest BCUT2D eigenvalue weighted by atomic mass is 10.1. The van der Waals surface area contributed by atoms with E-state index >= 15 is 0 Å². The van der Waals surface area contributed by atoms with E-state index in [2.05, 4.69) is 20.9 Å². The molecule has 0 bridgehead atoms. The van der Waals surface area contributed by atoms with Crippen molar-refractivity contribution >= 4 is 21.9 Å². The Balaban J connectivity index is 3.50. The summed E-state index contributed by atoms with van der Waals surface area (Å²) in [5, 5.41) is 8.83. The Morgan fingerprint density at radius 2 is 2.20 bits per heavy atom. The molecular formula is C8H6BrF2NO3. The van der Waals surface area contributed by atoms with Crippen LogP contribution in [0, 0.1) is 0 Å². The minimum Gasteiger partial charge on any atom is -0.477 e. The van der Waals surface area contributed by atoms with Gasteiger partial charge in [-0.05, 0) is 0 Å². The van der Waals surface area contributed by atoms with Crippen LogP contribution in [-0.4, -0.2) is 16.1 Å². The van der Waals surface area contributed by atoms with Crippen LogP contribution in [0.4, 0.5) is 8.78 Å². The van der Waals surface area contributed by atoms with E-state index in [0.29, 0.717) is 0 Å². The Hall–Kier alpha value is -1.24. The van der Waals surface area contributed by atoms with Crippen molar-refractivity contribution < 1.29 is 18.7 Å². The monoisotopic (exact) mass is 281 g/mol. The van der Waals surface area contributed by atoms with Gasteiger partial charge in [0, 0.05) is 17.1 Å². The zero-order chi connectivity index (χ0) is 11.6. The highest BCUT2D eigenvalue weighted by atomic mass is 79.9. The van der Waals surface area contributed by atoms with Crippen molar-refractivity contribution in [2.75, 3.05) is 0 Å². The van der Waals surface area contributed by atoms with Gasteiger partial charge in [0.2, 0.25) is 0 Å². The van der Waals surface area contributed by atoms with Gasteiger partial charge in [0.1, 0.15) is 5.69 Å². The fourth-order valence-electron chi connectivity index (χ4n) is 1.08. The summed E-state index contributed by atoms with van der Waals surface area (Å²) in [5.41, 5.74) is -2.50. The van der Waals surface area contributed by atoms with E-state index in [0.717, 1.165) is 6.07 Å². The van der Waals surface area contributed by atoms with E-state index in [1.807, 2.05) is 0 Å². The largest absolute Gasteiger partial charge is 0.477 e. The molecule has 0 unspecified atom stereocenters. The minimum absolute atomic E-state index is 0.187. The maximum Gasteiger partial charge on any atom is 0.352 e. The Morgan fingerprint density at radius 1 is 1.60 bits per heavy atom. The van der Waals surface area contributed by atoms with Crippen LogP contribution in [-0.2, 0) is 5.33 Å². The summed E-state index contributed by atoms with van der Waals surface area (Å²) in [6, 6.07) is 0.947. The standard InChI is InChI=1S/C8H6BrF2NO3/c9-2-3-1-4(13)5(7(10)11)6(12-3)8(14)15/h1,7H,2H2,(H,12,13)(H,14,15). The Morgan fingerprint density at radius 3 is 2.60 bits per heavy atom. The number of alkyl halides is 3. The highest BCUT2D eigenvalue weighted by Crippen LogP contribution is 2.18. The van der Waals surface area contributed by atoms with Gasteiger partial charge < -0.3 is 10.1 Å². The summed E-state index contributed by atoms with van der Waals surface area (Å²) in [4.78, 5) is 24.1. The van der Waals surface area contributed by atoms with Gasteiger partial charge in [0.05, 0.1) is 5.56 Å². The number of pyridine rings is 1. The molecule has 0 fully saturated rings. The van der Waals surface area contributed by atoms with Crippen LogP contribution in [0.3, 0.4) is 0 Å². The second-order valence-corrected chi connectivity index (χ2v) is 3.25. The van der Waals surface area contributed by atoms with Crippen molar-refractivity contribution in [2.24, 2.45) is 0 Å². The molecule has 1 aromatic rings. The summed E-state index contributed by atoms with van der Waals surface area (Å²) in [6.45, 7) is 0. The second-order valence-electron chi connectivity index (χ2n) is 2.69. The molecule has 0 spiro atoms. The Kier molecular flexibility index (Phi) is 3.57. The topological polar surface area (TPSA) is 70.2 Å². The van der Waals surface area contributed by atoms with Crippen LogP contribution in [0.15, 0.2) is 10.9 Å². The number of aromatic amines is 1. The van der Waals surface area contributed by atoms with Crippen LogP contribution in [0.1, 0.15) is 28.2 Å². The fourth-order valence-corrected chi connectivity index (χ4v) is 1.38. The summed E-state index contributed by atoms with van der Waals surface area (Å²) in [6.07, 6.45) is -3.11. The van der Waals surface area contributed by atoms with E-state index in [-0.39, 0.29) is 11.0 Å². The van der Waals surface area contributed by atoms with E-state index in [1.54, 1.807) is 0 Å². The number of nitrogens with one attached hydrogen (secondary N) is 1. The maximum atomic E-state index is 12.4. The van der Waals surface area contributed by atoms with Crippen molar-refractivity contribution in [1.29, 1.82) is 0 Å². The predicted molar refractivity (Wildman–Crippen MR) is 51.6 cm³/mol. The van der Waals surface area contributed by atoms with E-state index in [4.69, 9.17) is 5.11 Å². The van der Waals surface area contributed by atoms with Crippen LogP contribution in [0.5, 0.6) is 0 Å². The lowest BCUT2D eigenvalue weighted by Crippen LogP contribution is -2.19. The first-order chi connectivity index (χ1) is 6.97. The van der Waals surface area contributed by atoms with Crippen molar-refractivity contribution in [3.8, 4) is 0 Å². The third-order valence-electron chi connectivity index (χ3n) is 1.70. The van der Waals surface area contributed by atoms with E-state index in [9.17, 15) is 18.4 Å². The number of aromatic carboxylic acids is 1. The minimum atomic E-state index is -3.11. The normalized spacial score (nSPS) is 10.7. The first kappa shape index (κ1) is 11.8. The number of hydrogen-bond acceptors (Lipinski definition) is 2. The predicted octanol–water partition coefficient (Wildman–Crippen LogP) is 1.91. The second kappa shape index (κ2) is 4.52. The molecule has 0 amide bonds. The number of halogens is 3. The molecule has 1 rings (SSSR count). The molecule has 82 valence electrons. The van der Waals surface area contributed by atoms with Crippen molar-refractivity contribution in [3.05, 3.63) is 33.2 Å². The first-order valence-corrected chi connectivity index (χ1v) is 4.93. The number of hydrogen-bond donors (Lipinski definition) is 2. The van der Waals surface area contributed by atoms with E-state index in [1.165, 1.54) is 0 Å². The Labute approximate surface area is 91.1 Å². The molecule has 0 saturated carbocycles. The van der Waals surface area contributed by atoms with Crippen LogP contribution >= 0.6 is 15.9 Å². The van der Waals surface area contributed by atoms with Gasteiger partial charge in [-0.25, -0.2) is 13.6 Å². The molecule has 0 aliphatic carbocycles. The number of aromatic nitrogens is 1. The molecular weight excluding hydrogens is 276 g/mol. The highest BCUT2D eigenvalue weighted by molar-refractivity contribution is 9.08. The molecule has 0 aliphatic heterocycles. The molecule has 0 aliphatic rings. The van der Waals surface area contributed by atoms with Crippen LogP contribution in [0.25, 0.3) is 0 Å². The Bertz CT molecular complexity index is 444. The van der Waals surface area contributed by atoms with Gasteiger partial charge in [0.25, 0.3) is 6.43 Å². The highest BCUT2D eigenvalue weighted by Gasteiger charge is 2.22. The zero-order valence-corrected chi connectivity index (χ0v) is 8.85. The molecule has 0 aromatic carbocycles.